The minimum atomic E-state index is -1.11. The number of rotatable bonds is 4. The Morgan fingerprint density at radius 1 is 1.44 bits per heavy atom. The average Bonchev–Trinajstić information content (AvgIpc) is 1.89. The van der Waals surface area contributed by atoms with E-state index in [-0.39, 0.29) is 0 Å². The van der Waals surface area contributed by atoms with Crippen LogP contribution in [0, 0.1) is 0 Å². The van der Waals surface area contributed by atoms with Crippen LogP contribution in [-0.4, -0.2) is 13.7 Å². The Bertz CT molecular complexity index is 91.1. The van der Waals surface area contributed by atoms with E-state index < -0.39 is 8.24 Å². The summed E-state index contributed by atoms with van der Waals surface area (Å²) >= 11 is 4.73. The van der Waals surface area contributed by atoms with Crippen molar-refractivity contribution in [1.82, 2.24) is 4.98 Å². The molecule has 3 heteroatoms. The molecule has 9 heavy (non-hydrogen) atoms. The van der Waals surface area contributed by atoms with Gasteiger partial charge in [0.05, 0.1) is 5.49 Å². The molecule has 0 amide bonds. The van der Waals surface area contributed by atoms with Crippen LogP contribution in [0.15, 0.2) is 0 Å². The zero-order valence-corrected chi connectivity index (χ0v) is 8.22. The summed E-state index contributed by atoms with van der Waals surface area (Å²) in [5.74, 6) is 0. The van der Waals surface area contributed by atoms with Crippen LogP contribution in [0.3, 0.4) is 0 Å². The second kappa shape index (κ2) is 4.01. The standard InChI is InChI=1S/C6H15NSSi/c1-4-9(3,5-2)7-6-8/h6H,4-5H2,1-3H3,(H,7,8). The van der Waals surface area contributed by atoms with Gasteiger partial charge in [0.15, 0.2) is 0 Å². The molecule has 0 fully saturated rings. The predicted octanol–water partition coefficient (Wildman–Crippen LogP) is 2.15. The van der Waals surface area contributed by atoms with Gasteiger partial charge in [-0.25, -0.2) is 0 Å². The maximum absolute atomic E-state index is 4.73. The predicted molar refractivity (Wildman–Crippen MR) is 49.4 cm³/mol. The summed E-state index contributed by atoms with van der Waals surface area (Å²) < 4.78 is 0. The van der Waals surface area contributed by atoms with Crippen molar-refractivity contribution in [1.29, 1.82) is 0 Å². The SMILES string of the molecule is CC[Si](C)(CC)NC=S. The summed E-state index contributed by atoms with van der Waals surface area (Å²) in [4.78, 5) is 3.29. The maximum atomic E-state index is 4.73. The second-order valence-corrected chi connectivity index (χ2v) is 7.59. The molecule has 0 bridgehead atoms. The van der Waals surface area contributed by atoms with Crippen molar-refractivity contribution in [2.24, 2.45) is 0 Å². The van der Waals surface area contributed by atoms with Crippen LogP contribution in [0.2, 0.25) is 18.6 Å². The molecule has 0 aromatic carbocycles. The van der Waals surface area contributed by atoms with Crippen molar-refractivity contribution >= 4 is 25.9 Å². The molecule has 0 aliphatic rings. The first-order valence-electron chi connectivity index (χ1n) is 3.40. The van der Waals surface area contributed by atoms with Gasteiger partial charge >= 0.3 is 0 Å². The Balaban J connectivity index is 3.75. The summed E-state index contributed by atoms with van der Waals surface area (Å²) in [5, 5.41) is 0. The summed E-state index contributed by atoms with van der Waals surface area (Å²) in [5.41, 5.74) is 1.67. The highest BCUT2D eigenvalue weighted by molar-refractivity contribution is 7.79. The van der Waals surface area contributed by atoms with Gasteiger partial charge in [0.2, 0.25) is 0 Å². The molecule has 54 valence electrons. The summed E-state index contributed by atoms with van der Waals surface area (Å²) in [7, 11) is -1.11. The normalized spacial score (nSPS) is 11.0. The molecule has 0 spiro atoms. The molecule has 1 N–H and O–H groups in total. The van der Waals surface area contributed by atoms with Crippen molar-refractivity contribution in [3.63, 3.8) is 0 Å². The molecule has 0 unspecified atom stereocenters. The van der Waals surface area contributed by atoms with Gasteiger partial charge in [0.25, 0.3) is 0 Å². The minimum Gasteiger partial charge on any atom is -0.408 e. The first-order chi connectivity index (χ1) is 4.18. The third kappa shape index (κ3) is 2.96. The highest BCUT2D eigenvalue weighted by Gasteiger charge is 2.20. The molecular weight excluding hydrogens is 146 g/mol. The Hall–Kier alpha value is 0.107. The van der Waals surface area contributed by atoms with E-state index in [0.29, 0.717) is 0 Å². The van der Waals surface area contributed by atoms with Crippen LogP contribution in [-0.2, 0) is 0 Å². The fourth-order valence-corrected chi connectivity index (χ4v) is 2.64. The van der Waals surface area contributed by atoms with E-state index in [1.165, 1.54) is 12.1 Å². The minimum absolute atomic E-state index is 1.11. The fraction of sp³-hybridized carbons (Fsp3) is 0.833. The molecule has 0 atom stereocenters. The molecule has 0 rings (SSSR count). The Kier molecular flexibility index (Phi) is 4.06. The lowest BCUT2D eigenvalue weighted by Crippen LogP contribution is -2.44. The summed E-state index contributed by atoms with van der Waals surface area (Å²) in [6.07, 6.45) is 0. The van der Waals surface area contributed by atoms with E-state index in [4.69, 9.17) is 12.2 Å². The molecule has 0 saturated heterocycles. The van der Waals surface area contributed by atoms with Crippen molar-refractivity contribution < 1.29 is 0 Å². The van der Waals surface area contributed by atoms with Gasteiger partial charge in [-0.2, -0.15) is 0 Å². The topological polar surface area (TPSA) is 12.0 Å². The molecule has 0 aromatic heterocycles. The summed E-state index contributed by atoms with van der Waals surface area (Å²) in [6.45, 7) is 6.76. The van der Waals surface area contributed by atoms with Gasteiger partial charge in [-0.3, -0.25) is 0 Å². The van der Waals surface area contributed by atoms with Crippen molar-refractivity contribution in [2.75, 3.05) is 0 Å². The van der Waals surface area contributed by atoms with Crippen molar-refractivity contribution in [3.05, 3.63) is 0 Å². The largest absolute Gasteiger partial charge is 0.408 e. The Morgan fingerprint density at radius 2 is 1.89 bits per heavy atom. The molecule has 0 saturated carbocycles. The molecule has 0 aliphatic heterocycles. The lowest BCUT2D eigenvalue weighted by molar-refractivity contribution is 1.17. The van der Waals surface area contributed by atoms with Crippen LogP contribution in [0.25, 0.3) is 0 Å². The number of thiocarbonyl (C=S) groups is 1. The van der Waals surface area contributed by atoms with Crippen LogP contribution >= 0.6 is 12.2 Å². The van der Waals surface area contributed by atoms with Crippen molar-refractivity contribution in [3.8, 4) is 0 Å². The maximum Gasteiger partial charge on any atom is 0.150 e. The number of hydrogen-bond acceptors (Lipinski definition) is 1. The lowest BCUT2D eigenvalue weighted by Gasteiger charge is -2.22. The zero-order chi connectivity index (χ0) is 7.33. The third-order valence-electron chi connectivity index (χ3n) is 1.97. The van der Waals surface area contributed by atoms with E-state index in [9.17, 15) is 0 Å². The Labute approximate surface area is 63.9 Å². The van der Waals surface area contributed by atoms with E-state index in [0.717, 1.165) is 0 Å². The van der Waals surface area contributed by atoms with Gasteiger partial charge < -0.3 is 4.98 Å². The van der Waals surface area contributed by atoms with Gasteiger partial charge in [0.1, 0.15) is 8.24 Å². The van der Waals surface area contributed by atoms with Gasteiger partial charge in [-0.05, 0) is 12.1 Å². The number of hydrogen-bond donors (Lipinski definition) is 1. The van der Waals surface area contributed by atoms with E-state index in [1.54, 1.807) is 5.49 Å². The molecule has 0 aliphatic carbocycles. The smallest absolute Gasteiger partial charge is 0.150 e. The average molecular weight is 161 g/mol. The zero-order valence-electron chi connectivity index (χ0n) is 6.40. The highest BCUT2D eigenvalue weighted by atomic mass is 32.1. The highest BCUT2D eigenvalue weighted by Crippen LogP contribution is 2.08. The molecule has 0 radical (unpaired) electrons. The van der Waals surface area contributed by atoms with E-state index in [1.807, 2.05) is 0 Å². The third-order valence-corrected chi connectivity index (χ3v) is 6.26. The second-order valence-electron chi connectivity index (χ2n) is 2.53. The van der Waals surface area contributed by atoms with E-state index in [2.05, 4.69) is 25.4 Å². The van der Waals surface area contributed by atoms with E-state index >= 15 is 0 Å². The van der Waals surface area contributed by atoms with Crippen LogP contribution in [0.5, 0.6) is 0 Å². The van der Waals surface area contributed by atoms with Crippen LogP contribution < -0.4 is 4.98 Å². The summed E-state index contributed by atoms with van der Waals surface area (Å²) in [6, 6.07) is 2.52. The molecular formula is C6H15NSSi. The molecule has 1 nitrogen and oxygen atoms in total. The lowest BCUT2D eigenvalue weighted by atomic mass is 10.9. The quantitative estimate of drug-likeness (QED) is 0.501. The van der Waals surface area contributed by atoms with Gasteiger partial charge in [-0.15, -0.1) is 0 Å². The van der Waals surface area contributed by atoms with Gasteiger partial charge in [-0.1, -0.05) is 32.6 Å². The monoisotopic (exact) mass is 161 g/mol. The van der Waals surface area contributed by atoms with Crippen LogP contribution in [0.1, 0.15) is 13.8 Å². The Morgan fingerprint density at radius 3 is 2.00 bits per heavy atom. The van der Waals surface area contributed by atoms with Gasteiger partial charge in [0, 0.05) is 0 Å². The first-order valence-corrected chi connectivity index (χ1v) is 6.78. The van der Waals surface area contributed by atoms with Crippen molar-refractivity contribution in [2.45, 2.75) is 32.5 Å². The molecule has 0 aromatic rings. The van der Waals surface area contributed by atoms with Crippen LogP contribution in [0.4, 0.5) is 0 Å². The molecule has 0 heterocycles. The first kappa shape index (κ1) is 9.11. The number of nitrogens with one attached hydrogen (secondary N) is 1. The fourth-order valence-electron chi connectivity index (χ4n) is 0.596.